The van der Waals surface area contributed by atoms with Crippen LogP contribution in [0.1, 0.15) is 23.6 Å². The molecule has 2 aromatic heterocycles. The van der Waals surface area contributed by atoms with E-state index >= 15 is 0 Å². The van der Waals surface area contributed by atoms with Crippen LogP contribution in [0, 0.1) is 6.92 Å². The standard InChI is InChI=1S/C17H22N8S/c1-10-8-6-7-9-12(10)14-22-23-17(25(14)5)26-11(2)13-19-15(18)21-16(20-13)24(3)4/h6-9,11H,1-5H3,(H2,18,19,20,21). The fourth-order valence-corrected chi connectivity index (χ4v) is 3.33. The van der Waals surface area contributed by atoms with Crippen LogP contribution in [-0.2, 0) is 7.05 Å². The molecule has 0 fully saturated rings. The van der Waals surface area contributed by atoms with E-state index in [-0.39, 0.29) is 11.2 Å². The third kappa shape index (κ3) is 3.62. The summed E-state index contributed by atoms with van der Waals surface area (Å²) >= 11 is 1.54. The van der Waals surface area contributed by atoms with Crippen molar-refractivity contribution in [2.75, 3.05) is 24.7 Å². The van der Waals surface area contributed by atoms with E-state index in [9.17, 15) is 0 Å². The summed E-state index contributed by atoms with van der Waals surface area (Å²) in [6, 6.07) is 8.13. The second-order valence-corrected chi connectivity index (χ2v) is 7.49. The molecular formula is C17H22N8S. The third-order valence-corrected chi connectivity index (χ3v) is 5.06. The maximum atomic E-state index is 5.82. The van der Waals surface area contributed by atoms with E-state index in [1.807, 2.05) is 50.8 Å². The van der Waals surface area contributed by atoms with Gasteiger partial charge in [0.15, 0.2) is 11.0 Å². The normalized spacial score (nSPS) is 12.2. The van der Waals surface area contributed by atoms with Crippen molar-refractivity contribution >= 4 is 23.7 Å². The second-order valence-electron chi connectivity index (χ2n) is 6.19. The fourth-order valence-electron chi connectivity index (χ4n) is 2.47. The quantitative estimate of drug-likeness (QED) is 0.684. The minimum atomic E-state index is -0.0494. The van der Waals surface area contributed by atoms with Crippen LogP contribution in [0.15, 0.2) is 29.4 Å². The number of aromatic nitrogens is 6. The van der Waals surface area contributed by atoms with Gasteiger partial charge in [-0.15, -0.1) is 10.2 Å². The molecule has 2 heterocycles. The van der Waals surface area contributed by atoms with Crippen molar-refractivity contribution < 1.29 is 0 Å². The van der Waals surface area contributed by atoms with Crippen molar-refractivity contribution in [1.29, 1.82) is 0 Å². The Bertz CT molecular complexity index is 921. The van der Waals surface area contributed by atoms with Crippen LogP contribution in [-0.4, -0.2) is 43.8 Å². The summed E-state index contributed by atoms with van der Waals surface area (Å²) in [6.45, 7) is 4.08. The van der Waals surface area contributed by atoms with Gasteiger partial charge in [0.1, 0.15) is 5.82 Å². The Labute approximate surface area is 156 Å². The highest BCUT2D eigenvalue weighted by molar-refractivity contribution is 7.99. The smallest absolute Gasteiger partial charge is 0.229 e. The van der Waals surface area contributed by atoms with Gasteiger partial charge < -0.3 is 15.2 Å². The Balaban J connectivity index is 1.87. The molecule has 1 unspecified atom stereocenters. The van der Waals surface area contributed by atoms with Crippen LogP contribution in [0.5, 0.6) is 0 Å². The zero-order valence-electron chi connectivity index (χ0n) is 15.5. The summed E-state index contributed by atoms with van der Waals surface area (Å²) in [6.07, 6.45) is 0. The minimum absolute atomic E-state index is 0.0494. The third-order valence-electron chi connectivity index (χ3n) is 3.92. The monoisotopic (exact) mass is 370 g/mol. The Kier molecular flexibility index (Phi) is 5.08. The molecule has 8 nitrogen and oxygen atoms in total. The molecule has 0 spiro atoms. The molecule has 3 aromatic rings. The molecule has 0 bridgehead atoms. The minimum Gasteiger partial charge on any atom is -0.368 e. The number of nitrogens with zero attached hydrogens (tertiary/aromatic N) is 7. The Morgan fingerprint density at radius 3 is 2.54 bits per heavy atom. The number of thioether (sulfide) groups is 1. The van der Waals surface area contributed by atoms with Crippen LogP contribution in [0.25, 0.3) is 11.4 Å². The number of nitrogens with two attached hydrogens (primary N) is 1. The molecule has 0 radical (unpaired) electrons. The molecule has 0 aliphatic rings. The van der Waals surface area contributed by atoms with Gasteiger partial charge in [-0.25, -0.2) is 0 Å². The van der Waals surface area contributed by atoms with Gasteiger partial charge in [-0.1, -0.05) is 36.0 Å². The van der Waals surface area contributed by atoms with Crippen molar-refractivity contribution in [3.8, 4) is 11.4 Å². The summed E-state index contributed by atoms with van der Waals surface area (Å²) in [4.78, 5) is 14.7. The van der Waals surface area contributed by atoms with Gasteiger partial charge >= 0.3 is 0 Å². The highest BCUT2D eigenvalue weighted by Crippen LogP contribution is 2.34. The second kappa shape index (κ2) is 7.28. The molecule has 0 amide bonds. The molecule has 0 aliphatic carbocycles. The Morgan fingerprint density at radius 2 is 1.85 bits per heavy atom. The molecule has 9 heteroatoms. The van der Waals surface area contributed by atoms with Gasteiger partial charge in [0.25, 0.3) is 0 Å². The molecule has 0 aliphatic heterocycles. The Morgan fingerprint density at radius 1 is 1.12 bits per heavy atom. The molecule has 2 N–H and O–H groups in total. The predicted molar refractivity (Wildman–Crippen MR) is 104 cm³/mol. The van der Waals surface area contributed by atoms with Crippen molar-refractivity contribution in [3.05, 3.63) is 35.7 Å². The SMILES string of the molecule is Cc1ccccc1-c1nnc(SC(C)c2nc(N)nc(N(C)C)n2)n1C. The number of nitrogen functional groups attached to an aromatic ring is 1. The largest absolute Gasteiger partial charge is 0.368 e. The molecule has 0 saturated carbocycles. The van der Waals surface area contributed by atoms with E-state index in [0.717, 1.165) is 22.1 Å². The van der Waals surface area contributed by atoms with Gasteiger partial charge in [-0.3, -0.25) is 0 Å². The number of hydrogen-bond donors (Lipinski definition) is 1. The highest BCUT2D eigenvalue weighted by atomic mass is 32.2. The van der Waals surface area contributed by atoms with Crippen LogP contribution in [0.2, 0.25) is 0 Å². The molecule has 1 aromatic carbocycles. The first-order chi connectivity index (χ1) is 12.4. The lowest BCUT2D eigenvalue weighted by Gasteiger charge is -2.14. The summed E-state index contributed by atoms with van der Waals surface area (Å²) in [5.41, 5.74) is 8.05. The van der Waals surface area contributed by atoms with Crippen molar-refractivity contribution in [2.24, 2.45) is 7.05 Å². The lowest BCUT2D eigenvalue weighted by molar-refractivity contribution is 0.784. The van der Waals surface area contributed by atoms with Gasteiger partial charge in [0.2, 0.25) is 11.9 Å². The summed E-state index contributed by atoms with van der Waals surface area (Å²) in [5, 5.41) is 9.45. The lowest BCUT2D eigenvalue weighted by Crippen LogP contribution is -2.16. The molecular weight excluding hydrogens is 348 g/mol. The first-order valence-corrected chi connectivity index (χ1v) is 9.05. The average molecular weight is 370 g/mol. The fraction of sp³-hybridized carbons (Fsp3) is 0.353. The topological polar surface area (TPSA) is 98.6 Å². The van der Waals surface area contributed by atoms with Crippen molar-refractivity contribution in [1.82, 2.24) is 29.7 Å². The molecule has 1 atom stereocenters. The number of aryl methyl sites for hydroxylation is 1. The van der Waals surface area contributed by atoms with Crippen molar-refractivity contribution in [2.45, 2.75) is 24.3 Å². The number of rotatable bonds is 5. The van der Waals surface area contributed by atoms with Crippen LogP contribution in [0.4, 0.5) is 11.9 Å². The van der Waals surface area contributed by atoms with Gasteiger partial charge in [-0.2, -0.15) is 15.0 Å². The number of anilines is 2. The maximum Gasteiger partial charge on any atom is 0.229 e. The predicted octanol–water partition coefficient (Wildman–Crippen LogP) is 2.48. The van der Waals surface area contributed by atoms with Gasteiger partial charge in [0.05, 0.1) is 5.25 Å². The number of benzene rings is 1. The van der Waals surface area contributed by atoms with Gasteiger partial charge in [-0.05, 0) is 19.4 Å². The van der Waals surface area contributed by atoms with Crippen LogP contribution in [0.3, 0.4) is 0 Å². The first-order valence-electron chi connectivity index (χ1n) is 8.17. The highest BCUT2D eigenvalue weighted by Gasteiger charge is 2.19. The molecule has 0 saturated heterocycles. The van der Waals surface area contributed by atoms with E-state index < -0.39 is 0 Å². The van der Waals surface area contributed by atoms with E-state index in [1.165, 1.54) is 11.8 Å². The Hall–Kier alpha value is -2.68. The summed E-state index contributed by atoms with van der Waals surface area (Å²) in [5.74, 6) is 2.21. The maximum absolute atomic E-state index is 5.82. The van der Waals surface area contributed by atoms with E-state index in [2.05, 4.69) is 38.1 Å². The number of hydrogen-bond acceptors (Lipinski definition) is 8. The van der Waals surface area contributed by atoms with Crippen LogP contribution < -0.4 is 10.6 Å². The van der Waals surface area contributed by atoms with Gasteiger partial charge in [0, 0.05) is 26.7 Å². The molecule has 3 rings (SSSR count). The summed E-state index contributed by atoms with van der Waals surface area (Å²) < 4.78 is 1.99. The molecule has 136 valence electrons. The van der Waals surface area contributed by atoms with Crippen molar-refractivity contribution in [3.63, 3.8) is 0 Å². The van der Waals surface area contributed by atoms with E-state index in [0.29, 0.717) is 11.8 Å². The van der Waals surface area contributed by atoms with E-state index in [4.69, 9.17) is 5.73 Å². The van der Waals surface area contributed by atoms with Crippen LogP contribution >= 0.6 is 11.8 Å². The average Bonchev–Trinajstić information content (AvgIpc) is 2.95. The first kappa shape index (κ1) is 18.1. The van der Waals surface area contributed by atoms with E-state index in [1.54, 1.807) is 4.90 Å². The lowest BCUT2D eigenvalue weighted by atomic mass is 10.1. The summed E-state index contributed by atoms with van der Waals surface area (Å²) in [7, 11) is 5.70. The zero-order valence-corrected chi connectivity index (χ0v) is 16.3. The molecule has 26 heavy (non-hydrogen) atoms. The zero-order chi connectivity index (χ0) is 18.8.